The van der Waals surface area contributed by atoms with Crippen molar-refractivity contribution in [1.82, 2.24) is 4.98 Å². The Kier molecular flexibility index (Phi) is 5.47. The summed E-state index contributed by atoms with van der Waals surface area (Å²) >= 11 is 11.8. The lowest BCUT2D eigenvalue weighted by molar-refractivity contribution is -0.137. The van der Waals surface area contributed by atoms with Crippen LogP contribution in [0, 0.1) is 5.92 Å². The first kappa shape index (κ1) is 20.7. The molecular formula is C22H14Cl2F3NO2. The highest BCUT2D eigenvalue weighted by Crippen LogP contribution is 2.49. The number of nitrogens with zero attached hydrogens (tertiary/aromatic N) is 1. The van der Waals surface area contributed by atoms with E-state index in [4.69, 9.17) is 27.9 Å². The van der Waals surface area contributed by atoms with E-state index in [0.29, 0.717) is 22.5 Å². The second-order valence-electron chi connectivity index (χ2n) is 7.00. The SMILES string of the molecule is O=C(c1ccc(Oc2ncc(C(F)(F)F)cc2Cl)cc1)C1CC1c1ccc(Cl)cc1. The molecule has 2 unspecified atom stereocenters. The normalized spacial score (nSPS) is 18.2. The number of aromatic nitrogens is 1. The van der Waals surface area contributed by atoms with Crippen LogP contribution in [0.4, 0.5) is 13.2 Å². The van der Waals surface area contributed by atoms with Crippen LogP contribution >= 0.6 is 23.2 Å². The Bertz CT molecular complexity index is 1080. The van der Waals surface area contributed by atoms with Crippen molar-refractivity contribution in [3.63, 3.8) is 0 Å². The summed E-state index contributed by atoms with van der Waals surface area (Å²) in [7, 11) is 0. The smallest absolute Gasteiger partial charge is 0.417 e. The minimum atomic E-state index is -4.54. The van der Waals surface area contributed by atoms with Gasteiger partial charge in [0.15, 0.2) is 5.78 Å². The highest BCUT2D eigenvalue weighted by atomic mass is 35.5. The Hall–Kier alpha value is -2.57. The van der Waals surface area contributed by atoms with Gasteiger partial charge in [-0.15, -0.1) is 0 Å². The van der Waals surface area contributed by atoms with Gasteiger partial charge < -0.3 is 4.74 Å². The summed E-state index contributed by atoms with van der Waals surface area (Å²) in [4.78, 5) is 16.3. The molecule has 1 aromatic heterocycles. The molecular weight excluding hydrogens is 438 g/mol. The summed E-state index contributed by atoms with van der Waals surface area (Å²) in [5, 5.41) is 0.397. The van der Waals surface area contributed by atoms with Crippen LogP contribution in [-0.4, -0.2) is 10.8 Å². The van der Waals surface area contributed by atoms with Crippen molar-refractivity contribution in [3.05, 3.63) is 87.5 Å². The number of alkyl halides is 3. The maximum Gasteiger partial charge on any atom is 0.417 e. The van der Waals surface area contributed by atoms with Crippen LogP contribution in [0.25, 0.3) is 0 Å². The fourth-order valence-corrected chi connectivity index (χ4v) is 3.56. The van der Waals surface area contributed by atoms with Crippen LogP contribution in [0.2, 0.25) is 10.0 Å². The zero-order chi connectivity index (χ0) is 21.5. The number of pyridine rings is 1. The molecule has 2 atom stereocenters. The number of carbonyl (C=O) groups is 1. The average molecular weight is 452 g/mol. The quantitative estimate of drug-likeness (QED) is 0.385. The molecule has 1 saturated carbocycles. The van der Waals surface area contributed by atoms with E-state index in [1.165, 1.54) is 0 Å². The number of hydrogen-bond donors (Lipinski definition) is 0. The number of benzene rings is 2. The van der Waals surface area contributed by atoms with Gasteiger partial charge in [-0.2, -0.15) is 13.2 Å². The minimum Gasteiger partial charge on any atom is -0.438 e. The van der Waals surface area contributed by atoms with E-state index in [2.05, 4.69) is 4.98 Å². The Morgan fingerprint density at radius 1 is 1.03 bits per heavy atom. The van der Waals surface area contributed by atoms with Crippen molar-refractivity contribution in [1.29, 1.82) is 0 Å². The van der Waals surface area contributed by atoms with Crippen molar-refractivity contribution < 1.29 is 22.7 Å². The molecule has 0 spiro atoms. The second-order valence-corrected chi connectivity index (χ2v) is 7.84. The Balaban J connectivity index is 1.42. The molecule has 0 N–H and O–H groups in total. The second kappa shape index (κ2) is 7.93. The van der Waals surface area contributed by atoms with Gasteiger partial charge in [0.2, 0.25) is 5.88 Å². The summed E-state index contributed by atoms with van der Waals surface area (Å²) in [5.74, 6) is 0.302. The number of carbonyl (C=O) groups excluding carboxylic acids is 1. The van der Waals surface area contributed by atoms with Gasteiger partial charge in [0.05, 0.1) is 5.56 Å². The van der Waals surface area contributed by atoms with Crippen LogP contribution in [0.5, 0.6) is 11.6 Å². The number of halogens is 5. The number of rotatable bonds is 5. The molecule has 1 aliphatic rings. The molecule has 4 rings (SSSR count). The standard InChI is InChI=1S/C22H14Cl2F3NO2/c23-15-5-1-12(2-6-15)17-10-18(17)20(29)13-3-7-16(8-4-13)30-21-19(24)9-14(11-28-21)22(25,26)27/h1-9,11,17-18H,10H2. The molecule has 1 fully saturated rings. The molecule has 1 aliphatic carbocycles. The maximum absolute atomic E-state index is 12.7. The Morgan fingerprint density at radius 2 is 1.70 bits per heavy atom. The molecule has 8 heteroatoms. The summed E-state index contributed by atoms with van der Waals surface area (Å²) in [6.45, 7) is 0. The highest BCUT2D eigenvalue weighted by molar-refractivity contribution is 6.32. The molecule has 0 aliphatic heterocycles. The summed E-state index contributed by atoms with van der Waals surface area (Å²) in [5.41, 5.74) is 0.663. The van der Waals surface area contributed by atoms with Crippen LogP contribution in [0.15, 0.2) is 60.8 Å². The van der Waals surface area contributed by atoms with Gasteiger partial charge in [-0.1, -0.05) is 35.3 Å². The Labute approximate surface area is 180 Å². The van der Waals surface area contributed by atoms with Gasteiger partial charge in [0, 0.05) is 22.7 Å². The van der Waals surface area contributed by atoms with Gasteiger partial charge in [-0.05, 0) is 60.4 Å². The zero-order valence-corrected chi connectivity index (χ0v) is 16.8. The average Bonchev–Trinajstić information content (AvgIpc) is 3.50. The zero-order valence-electron chi connectivity index (χ0n) is 15.3. The first-order valence-electron chi connectivity index (χ1n) is 9.03. The van der Waals surface area contributed by atoms with Gasteiger partial charge in [0.25, 0.3) is 0 Å². The molecule has 0 radical (unpaired) electrons. The predicted octanol–water partition coefficient (Wildman–Crippen LogP) is 7.19. The summed E-state index contributed by atoms with van der Waals surface area (Å²) in [6, 6.07) is 14.6. The van der Waals surface area contributed by atoms with Crippen molar-refractivity contribution in [2.45, 2.75) is 18.5 Å². The van der Waals surface area contributed by atoms with Crippen molar-refractivity contribution in [2.24, 2.45) is 5.92 Å². The molecule has 3 aromatic rings. The molecule has 1 heterocycles. The monoisotopic (exact) mass is 451 g/mol. The van der Waals surface area contributed by atoms with Crippen LogP contribution in [-0.2, 0) is 6.18 Å². The van der Waals surface area contributed by atoms with Crippen LogP contribution < -0.4 is 4.74 Å². The van der Waals surface area contributed by atoms with E-state index in [0.717, 1.165) is 18.1 Å². The molecule has 154 valence electrons. The number of ether oxygens (including phenoxy) is 1. The third-order valence-electron chi connectivity index (χ3n) is 4.91. The molecule has 0 saturated heterocycles. The number of Topliss-reactive ketones (excluding diaryl/α,β-unsaturated/α-hetero) is 1. The third-order valence-corrected chi connectivity index (χ3v) is 5.44. The number of hydrogen-bond acceptors (Lipinski definition) is 3. The van der Waals surface area contributed by atoms with Crippen LogP contribution in [0.3, 0.4) is 0 Å². The minimum absolute atomic E-state index is 0.0344. The first-order chi connectivity index (χ1) is 14.2. The summed E-state index contributed by atoms with van der Waals surface area (Å²) in [6.07, 6.45) is -3.10. The largest absolute Gasteiger partial charge is 0.438 e. The first-order valence-corrected chi connectivity index (χ1v) is 9.78. The molecule has 2 aromatic carbocycles. The maximum atomic E-state index is 12.7. The lowest BCUT2D eigenvalue weighted by Crippen LogP contribution is -2.06. The fourth-order valence-electron chi connectivity index (χ4n) is 3.23. The van der Waals surface area contributed by atoms with E-state index >= 15 is 0 Å². The summed E-state index contributed by atoms with van der Waals surface area (Å²) < 4.78 is 43.5. The lowest BCUT2D eigenvalue weighted by atomic mass is 10.0. The third kappa shape index (κ3) is 4.45. The lowest BCUT2D eigenvalue weighted by Gasteiger charge is -2.10. The van der Waals surface area contributed by atoms with Gasteiger partial charge in [0.1, 0.15) is 10.8 Å². The van der Waals surface area contributed by atoms with E-state index in [-0.39, 0.29) is 28.5 Å². The van der Waals surface area contributed by atoms with Crippen molar-refractivity contribution in [3.8, 4) is 11.6 Å². The highest BCUT2D eigenvalue weighted by Gasteiger charge is 2.43. The van der Waals surface area contributed by atoms with Crippen molar-refractivity contribution in [2.75, 3.05) is 0 Å². The molecule has 0 bridgehead atoms. The number of ketones is 1. The Morgan fingerprint density at radius 3 is 2.30 bits per heavy atom. The van der Waals surface area contributed by atoms with Crippen molar-refractivity contribution >= 4 is 29.0 Å². The molecule has 0 amide bonds. The van der Waals surface area contributed by atoms with Gasteiger partial charge >= 0.3 is 6.18 Å². The van der Waals surface area contributed by atoms with Gasteiger partial charge in [-0.3, -0.25) is 4.79 Å². The van der Waals surface area contributed by atoms with Gasteiger partial charge in [-0.25, -0.2) is 4.98 Å². The molecule has 3 nitrogen and oxygen atoms in total. The predicted molar refractivity (Wildman–Crippen MR) is 107 cm³/mol. The van der Waals surface area contributed by atoms with E-state index in [9.17, 15) is 18.0 Å². The van der Waals surface area contributed by atoms with Crippen LogP contribution in [0.1, 0.15) is 33.8 Å². The topological polar surface area (TPSA) is 39.2 Å². The van der Waals surface area contributed by atoms with E-state index in [1.54, 1.807) is 24.3 Å². The fraction of sp³-hybridized carbons (Fsp3) is 0.182. The van der Waals surface area contributed by atoms with E-state index in [1.807, 2.05) is 24.3 Å². The van der Waals surface area contributed by atoms with E-state index < -0.39 is 11.7 Å². The molecule has 30 heavy (non-hydrogen) atoms.